The zero-order valence-corrected chi connectivity index (χ0v) is 9.03. The van der Waals surface area contributed by atoms with E-state index >= 15 is 0 Å². The van der Waals surface area contributed by atoms with Crippen LogP contribution in [0.1, 0.15) is 18.4 Å². The third kappa shape index (κ3) is 3.07. The summed E-state index contributed by atoms with van der Waals surface area (Å²) in [6, 6.07) is 2.44. The van der Waals surface area contributed by atoms with Crippen LogP contribution in [0.3, 0.4) is 0 Å². The molecule has 1 aromatic rings. The average Bonchev–Trinajstić information content (AvgIpc) is 2.31. The Bertz CT molecular complexity index is 429. The molecule has 1 rings (SSSR count). The second kappa shape index (κ2) is 5.69. The second-order valence-corrected chi connectivity index (χ2v) is 3.07. The predicted octanol–water partition coefficient (Wildman–Crippen LogP) is 0.835. The lowest BCUT2D eigenvalue weighted by atomic mass is 10.0. The summed E-state index contributed by atoms with van der Waals surface area (Å²) >= 11 is 0. The van der Waals surface area contributed by atoms with Crippen LogP contribution in [0.25, 0.3) is 0 Å². The van der Waals surface area contributed by atoms with Crippen LogP contribution >= 0.6 is 0 Å². The van der Waals surface area contributed by atoms with E-state index in [1.165, 1.54) is 6.07 Å². The van der Waals surface area contributed by atoms with Gasteiger partial charge in [-0.05, 0) is 22.9 Å². The third-order valence-corrected chi connectivity index (χ3v) is 1.99. The monoisotopic (exact) mass is 238 g/mol. The highest BCUT2D eigenvalue weighted by atomic mass is 16.6. The zero-order chi connectivity index (χ0) is 12.8. The van der Waals surface area contributed by atoms with E-state index in [4.69, 9.17) is 4.74 Å². The summed E-state index contributed by atoms with van der Waals surface area (Å²) < 4.78 is 4.70. The quantitative estimate of drug-likeness (QED) is 0.248. The van der Waals surface area contributed by atoms with E-state index in [0.717, 1.165) is 12.3 Å². The van der Waals surface area contributed by atoms with E-state index in [1.807, 2.05) is 0 Å². The lowest BCUT2D eigenvalue weighted by Gasteiger charge is -2.07. The standard InChI is InChI=1S/C10H10N2O5/c1-2-17-10(14)8(6-13)7-3-4-9(11-5-7)12(15)16/h3-6,8H,2H2,1H3. The first-order chi connectivity index (χ1) is 8.10. The first-order valence-electron chi connectivity index (χ1n) is 4.82. The molecule has 0 aromatic carbocycles. The summed E-state index contributed by atoms with van der Waals surface area (Å²) in [5.74, 6) is -2.14. The molecule has 1 heterocycles. The van der Waals surface area contributed by atoms with Crippen LogP contribution in [0.2, 0.25) is 0 Å². The Hall–Kier alpha value is -2.31. The number of carbonyl (C=O) groups excluding carboxylic acids is 2. The summed E-state index contributed by atoms with van der Waals surface area (Å²) in [6.45, 7) is 1.78. The number of hydrogen-bond acceptors (Lipinski definition) is 6. The summed E-state index contributed by atoms with van der Waals surface area (Å²) in [5.41, 5.74) is 0.268. The van der Waals surface area contributed by atoms with Crippen molar-refractivity contribution in [3.63, 3.8) is 0 Å². The fraction of sp³-hybridized carbons (Fsp3) is 0.300. The van der Waals surface area contributed by atoms with Gasteiger partial charge < -0.3 is 19.6 Å². The van der Waals surface area contributed by atoms with Crippen molar-refractivity contribution in [1.82, 2.24) is 4.98 Å². The molecule has 0 spiro atoms. The number of hydrogen-bond donors (Lipinski definition) is 0. The molecule has 0 N–H and O–H groups in total. The fourth-order valence-electron chi connectivity index (χ4n) is 1.19. The van der Waals surface area contributed by atoms with Gasteiger partial charge in [-0.2, -0.15) is 0 Å². The van der Waals surface area contributed by atoms with Gasteiger partial charge in [-0.25, -0.2) is 0 Å². The molecule has 7 heteroatoms. The summed E-state index contributed by atoms with van der Waals surface area (Å²) in [4.78, 5) is 35.4. The van der Waals surface area contributed by atoms with Crippen LogP contribution in [0.5, 0.6) is 0 Å². The maximum atomic E-state index is 11.4. The minimum absolute atomic E-state index is 0.156. The largest absolute Gasteiger partial charge is 0.465 e. The van der Waals surface area contributed by atoms with Gasteiger partial charge in [0, 0.05) is 11.6 Å². The van der Waals surface area contributed by atoms with E-state index < -0.39 is 16.8 Å². The molecule has 1 unspecified atom stereocenters. The summed E-state index contributed by atoms with van der Waals surface area (Å²) in [5, 5.41) is 10.4. The van der Waals surface area contributed by atoms with Gasteiger partial charge in [0.25, 0.3) is 0 Å². The van der Waals surface area contributed by atoms with Crippen LogP contribution in [0, 0.1) is 10.1 Å². The summed E-state index contributed by atoms with van der Waals surface area (Å²) in [6.07, 6.45) is 1.54. The van der Waals surface area contributed by atoms with Crippen molar-refractivity contribution < 1.29 is 19.2 Å². The molecule has 0 aliphatic rings. The molecule has 0 aliphatic heterocycles. The van der Waals surface area contributed by atoms with Gasteiger partial charge in [-0.15, -0.1) is 0 Å². The molecule has 0 aliphatic carbocycles. The lowest BCUT2D eigenvalue weighted by Crippen LogP contribution is -2.17. The molecule has 90 valence electrons. The van der Waals surface area contributed by atoms with Crippen molar-refractivity contribution in [1.29, 1.82) is 0 Å². The Labute approximate surface area is 96.6 Å². The second-order valence-electron chi connectivity index (χ2n) is 3.07. The first-order valence-corrected chi connectivity index (χ1v) is 4.82. The number of rotatable bonds is 5. The van der Waals surface area contributed by atoms with Gasteiger partial charge >= 0.3 is 11.8 Å². The lowest BCUT2D eigenvalue weighted by molar-refractivity contribution is -0.389. The number of carbonyl (C=O) groups is 2. The highest BCUT2D eigenvalue weighted by molar-refractivity contribution is 5.94. The van der Waals surface area contributed by atoms with E-state index in [0.29, 0.717) is 6.29 Å². The van der Waals surface area contributed by atoms with Gasteiger partial charge in [0.15, 0.2) is 0 Å². The highest BCUT2D eigenvalue weighted by Gasteiger charge is 2.23. The third-order valence-electron chi connectivity index (χ3n) is 1.99. The Morgan fingerprint density at radius 1 is 1.65 bits per heavy atom. The number of ether oxygens (including phenoxy) is 1. The van der Waals surface area contributed by atoms with E-state index in [9.17, 15) is 19.7 Å². The predicted molar refractivity (Wildman–Crippen MR) is 56.3 cm³/mol. The molecule has 0 saturated carbocycles. The van der Waals surface area contributed by atoms with E-state index in [2.05, 4.69) is 4.98 Å². The molecule has 0 saturated heterocycles. The van der Waals surface area contributed by atoms with Gasteiger partial charge in [0.2, 0.25) is 0 Å². The normalized spacial score (nSPS) is 11.6. The zero-order valence-electron chi connectivity index (χ0n) is 9.03. The van der Waals surface area contributed by atoms with Crippen LogP contribution in [-0.4, -0.2) is 28.8 Å². The molecule has 1 atom stereocenters. The molecule has 17 heavy (non-hydrogen) atoms. The molecule has 0 radical (unpaired) electrons. The molecule has 0 amide bonds. The number of pyridine rings is 1. The minimum atomic E-state index is -1.09. The molecule has 0 fully saturated rings. The molecule has 0 bridgehead atoms. The van der Waals surface area contributed by atoms with Crippen molar-refractivity contribution in [2.75, 3.05) is 6.61 Å². The van der Waals surface area contributed by atoms with Crippen molar-refractivity contribution in [3.8, 4) is 0 Å². The smallest absolute Gasteiger partial charge is 0.363 e. The van der Waals surface area contributed by atoms with Gasteiger partial charge in [-0.1, -0.05) is 0 Å². The van der Waals surface area contributed by atoms with Gasteiger partial charge in [0.1, 0.15) is 18.4 Å². The molecular weight excluding hydrogens is 228 g/mol. The number of nitrogens with zero attached hydrogens (tertiary/aromatic N) is 2. The Morgan fingerprint density at radius 2 is 2.35 bits per heavy atom. The first kappa shape index (κ1) is 12.8. The molecular formula is C10H10N2O5. The highest BCUT2D eigenvalue weighted by Crippen LogP contribution is 2.16. The maximum Gasteiger partial charge on any atom is 0.363 e. The van der Waals surface area contributed by atoms with Crippen LogP contribution in [-0.2, 0) is 14.3 Å². The topological polar surface area (TPSA) is 99.4 Å². The summed E-state index contributed by atoms with van der Waals surface area (Å²) in [7, 11) is 0. The minimum Gasteiger partial charge on any atom is -0.465 e. The number of nitro groups is 1. The number of aromatic nitrogens is 1. The van der Waals surface area contributed by atoms with Crippen molar-refractivity contribution in [3.05, 3.63) is 34.0 Å². The van der Waals surface area contributed by atoms with E-state index in [1.54, 1.807) is 6.92 Å². The SMILES string of the molecule is CCOC(=O)C(C=O)c1ccc([N+](=O)[O-])nc1. The maximum absolute atomic E-state index is 11.4. The van der Waals surface area contributed by atoms with Crippen LogP contribution < -0.4 is 0 Å². The molecule has 1 aromatic heterocycles. The number of aldehydes is 1. The Balaban J connectivity index is 2.93. The van der Waals surface area contributed by atoms with Crippen molar-refractivity contribution in [2.24, 2.45) is 0 Å². The van der Waals surface area contributed by atoms with Gasteiger partial charge in [-0.3, -0.25) is 4.79 Å². The van der Waals surface area contributed by atoms with Crippen LogP contribution in [0.4, 0.5) is 5.82 Å². The van der Waals surface area contributed by atoms with Crippen LogP contribution in [0.15, 0.2) is 18.3 Å². The van der Waals surface area contributed by atoms with Crippen molar-refractivity contribution >= 4 is 18.1 Å². The van der Waals surface area contributed by atoms with E-state index in [-0.39, 0.29) is 18.0 Å². The van der Waals surface area contributed by atoms with Gasteiger partial charge in [0.05, 0.1) is 6.61 Å². The van der Waals surface area contributed by atoms with Crippen molar-refractivity contribution in [2.45, 2.75) is 12.8 Å². The number of esters is 1. The Morgan fingerprint density at radius 3 is 2.76 bits per heavy atom. The average molecular weight is 238 g/mol. The Kier molecular flexibility index (Phi) is 4.27. The molecule has 7 nitrogen and oxygen atoms in total. The fourth-order valence-corrected chi connectivity index (χ4v) is 1.19.